The SMILES string of the molecule is CN(C)CC(=O)c1nc2cccnc2n1Cc1cccc2sc(NC3CCCCC3O)nc12. The fraction of sp³-hybridized carbons (Fsp3) is 0.417. The first-order valence-electron chi connectivity index (χ1n) is 11.3. The average Bonchev–Trinajstić information content (AvgIpc) is 3.37. The van der Waals surface area contributed by atoms with Crippen LogP contribution in [0.15, 0.2) is 36.5 Å². The number of nitrogens with one attached hydrogen (secondary N) is 1. The average molecular weight is 465 g/mol. The summed E-state index contributed by atoms with van der Waals surface area (Å²) in [6.45, 7) is 0.733. The number of aliphatic hydroxyl groups excluding tert-OH is 1. The van der Waals surface area contributed by atoms with Crippen LogP contribution in [0.1, 0.15) is 41.9 Å². The van der Waals surface area contributed by atoms with Gasteiger partial charge in [-0.3, -0.25) is 4.79 Å². The minimum atomic E-state index is -0.334. The zero-order valence-corrected chi connectivity index (χ0v) is 19.7. The van der Waals surface area contributed by atoms with Crippen LogP contribution in [-0.2, 0) is 6.54 Å². The Morgan fingerprint density at radius 1 is 1.21 bits per heavy atom. The van der Waals surface area contributed by atoms with Crippen LogP contribution in [0.2, 0.25) is 0 Å². The summed E-state index contributed by atoms with van der Waals surface area (Å²) in [5.41, 5.74) is 3.30. The van der Waals surface area contributed by atoms with Crippen LogP contribution in [0.4, 0.5) is 5.13 Å². The molecule has 2 unspecified atom stereocenters. The van der Waals surface area contributed by atoms with E-state index in [2.05, 4.69) is 21.4 Å². The lowest BCUT2D eigenvalue weighted by molar-refractivity contribution is 0.0944. The van der Waals surface area contributed by atoms with E-state index in [-0.39, 0.29) is 24.5 Å². The molecular weight excluding hydrogens is 436 g/mol. The highest BCUT2D eigenvalue weighted by Gasteiger charge is 2.24. The molecule has 172 valence electrons. The topological polar surface area (TPSA) is 96.2 Å². The molecule has 3 heterocycles. The van der Waals surface area contributed by atoms with Crippen molar-refractivity contribution in [1.82, 2.24) is 24.4 Å². The number of likely N-dealkylation sites (N-methyl/N-ethyl adjacent to an activating group) is 1. The number of aliphatic hydroxyl groups is 1. The van der Waals surface area contributed by atoms with Gasteiger partial charge in [0, 0.05) is 6.20 Å². The number of hydrogen-bond donors (Lipinski definition) is 2. The monoisotopic (exact) mass is 464 g/mol. The molecule has 3 aromatic heterocycles. The first kappa shape index (κ1) is 21.9. The Morgan fingerprint density at radius 2 is 2.06 bits per heavy atom. The Bertz CT molecular complexity index is 1300. The molecule has 0 saturated heterocycles. The number of thiazole rings is 1. The number of aromatic nitrogens is 4. The minimum absolute atomic E-state index is 0.0415. The molecule has 0 aliphatic heterocycles. The lowest BCUT2D eigenvalue weighted by atomic mass is 9.93. The Labute approximate surface area is 196 Å². The number of ketones is 1. The molecule has 1 aliphatic carbocycles. The summed E-state index contributed by atoms with van der Waals surface area (Å²) in [7, 11) is 3.74. The van der Waals surface area contributed by atoms with Crippen LogP contribution >= 0.6 is 11.3 Å². The molecule has 33 heavy (non-hydrogen) atoms. The first-order valence-corrected chi connectivity index (χ1v) is 12.1. The minimum Gasteiger partial charge on any atom is -0.391 e. The van der Waals surface area contributed by atoms with Gasteiger partial charge in [0.2, 0.25) is 5.78 Å². The van der Waals surface area contributed by atoms with Crippen LogP contribution in [-0.4, -0.2) is 68.1 Å². The Hall–Kier alpha value is -2.88. The first-order chi connectivity index (χ1) is 16.0. The number of fused-ring (bicyclic) bond motifs is 2. The summed E-state index contributed by atoms with van der Waals surface area (Å²) in [5.74, 6) is 0.366. The zero-order valence-electron chi connectivity index (χ0n) is 18.9. The molecule has 0 amide bonds. The number of para-hydroxylation sites is 1. The lowest BCUT2D eigenvalue weighted by Crippen LogP contribution is -2.36. The number of imidazole rings is 1. The van der Waals surface area contributed by atoms with Crippen LogP contribution in [0.3, 0.4) is 0 Å². The maximum atomic E-state index is 13.0. The van der Waals surface area contributed by atoms with Gasteiger partial charge in [0.1, 0.15) is 5.52 Å². The number of pyridine rings is 1. The third-order valence-electron chi connectivity index (χ3n) is 6.08. The largest absolute Gasteiger partial charge is 0.391 e. The van der Waals surface area contributed by atoms with E-state index < -0.39 is 0 Å². The number of Topliss-reactive ketones (excluding diaryl/α,β-unsaturated/α-hetero) is 1. The van der Waals surface area contributed by atoms with Gasteiger partial charge in [-0.2, -0.15) is 0 Å². The lowest BCUT2D eigenvalue weighted by Gasteiger charge is -2.28. The summed E-state index contributed by atoms with van der Waals surface area (Å²) in [5, 5.41) is 14.6. The van der Waals surface area contributed by atoms with Crippen LogP contribution in [0.25, 0.3) is 21.4 Å². The van der Waals surface area contributed by atoms with Crippen molar-refractivity contribution in [3.05, 3.63) is 47.9 Å². The standard InChI is InChI=1S/C24H28N6O2S/c1-29(2)14-19(32)23-26-17-9-6-12-25-22(17)30(23)13-15-7-5-11-20-21(15)28-24(33-20)27-16-8-3-4-10-18(16)31/h5-7,9,11-12,16,18,31H,3-4,8,10,13-14H2,1-2H3,(H,27,28). The molecule has 1 aromatic carbocycles. The van der Waals surface area contributed by atoms with Crippen LogP contribution < -0.4 is 5.32 Å². The summed E-state index contributed by atoms with van der Waals surface area (Å²) in [6.07, 6.45) is 5.37. The molecular formula is C24H28N6O2S. The molecule has 8 nitrogen and oxygen atoms in total. The molecule has 9 heteroatoms. The van der Waals surface area contributed by atoms with Crippen molar-refractivity contribution in [2.24, 2.45) is 0 Å². The van der Waals surface area contributed by atoms with Gasteiger partial charge in [-0.05, 0) is 50.7 Å². The number of carbonyl (C=O) groups is 1. The van der Waals surface area contributed by atoms with Crippen LogP contribution in [0, 0.1) is 0 Å². The molecule has 2 N–H and O–H groups in total. The van der Waals surface area contributed by atoms with Gasteiger partial charge < -0.3 is 19.9 Å². The quantitative estimate of drug-likeness (QED) is 0.404. The van der Waals surface area contributed by atoms with Crippen molar-refractivity contribution in [1.29, 1.82) is 0 Å². The third kappa shape index (κ3) is 4.48. The van der Waals surface area contributed by atoms with E-state index in [0.29, 0.717) is 23.5 Å². The smallest absolute Gasteiger partial charge is 0.212 e. The molecule has 1 aliphatic rings. The van der Waals surface area contributed by atoms with Crippen LogP contribution in [0.5, 0.6) is 0 Å². The molecule has 0 spiro atoms. The van der Waals surface area contributed by atoms with E-state index in [0.717, 1.165) is 46.6 Å². The van der Waals surface area contributed by atoms with Gasteiger partial charge in [0.05, 0.1) is 35.5 Å². The number of anilines is 1. The number of carbonyl (C=O) groups excluding carboxylic acids is 1. The highest BCUT2D eigenvalue weighted by Crippen LogP contribution is 2.31. The second-order valence-corrected chi connectivity index (χ2v) is 9.94. The van der Waals surface area contributed by atoms with Gasteiger partial charge in [-0.25, -0.2) is 15.0 Å². The normalized spacial score (nSPS) is 18.9. The number of benzene rings is 1. The van der Waals surface area contributed by atoms with E-state index in [1.807, 2.05) is 47.8 Å². The van der Waals surface area contributed by atoms with E-state index in [1.165, 1.54) is 0 Å². The zero-order chi connectivity index (χ0) is 22.9. The van der Waals surface area contributed by atoms with E-state index >= 15 is 0 Å². The molecule has 4 aromatic rings. The van der Waals surface area contributed by atoms with Crippen molar-refractivity contribution in [2.45, 2.75) is 44.4 Å². The summed E-state index contributed by atoms with van der Waals surface area (Å²) >= 11 is 1.59. The van der Waals surface area contributed by atoms with E-state index in [1.54, 1.807) is 17.5 Å². The van der Waals surface area contributed by atoms with Gasteiger partial charge in [0.15, 0.2) is 16.6 Å². The molecule has 1 saturated carbocycles. The van der Waals surface area contributed by atoms with Gasteiger partial charge in [-0.1, -0.05) is 36.3 Å². The van der Waals surface area contributed by atoms with E-state index in [4.69, 9.17) is 4.98 Å². The summed E-state index contributed by atoms with van der Waals surface area (Å²) < 4.78 is 2.96. The summed E-state index contributed by atoms with van der Waals surface area (Å²) in [6, 6.07) is 9.87. The molecule has 5 rings (SSSR count). The number of hydrogen-bond acceptors (Lipinski definition) is 8. The Balaban J connectivity index is 1.50. The summed E-state index contributed by atoms with van der Waals surface area (Å²) in [4.78, 5) is 28.8. The predicted octanol–water partition coefficient (Wildman–Crippen LogP) is 3.55. The van der Waals surface area contributed by atoms with Gasteiger partial charge in [0.25, 0.3) is 0 Å². The fourth-order valence-electron chi connectivity index (χ4n) is 4.48. The maximum Gasteiger partial charge on any atom is 0.212 e. The van der Waals surface area contributed by atoms with Crippen molar-refractivity contribution in [2.75, 3.05) is 26.0 Å². The Morgan fingerprint density at radius 3 is 2.88 bits per heavy atom. The second-order valence-electron chi connectivity index (χ2n) is 8.91. The molecule has 2 atom stereocenters. The van der Waals surface area contributed by atoms with Crippen molar-refractivity contribution in [3.8, 4) is 0 Å². The fourth-order valence-corrected chi connectivity index (χ4v) is 5.46. The molecule has 0 bridgehead atoms. The van der Waals surface area contributed by atoms with Gasteiger partial charge >= 0.3 is 0 Å². The molecule has 0 radical (unpaired) electrons. The van der Waals surface area contributed by atoms with Crippen molar-refractivity contribution >= 4 is 43.6 Å². The third-order valence-corrected chi connectivity index (χ3v) is 7.03. The molecule has 1 fully saturated rings. The van der Waals surface area contributed by atoms with Crippen molar-refractivity contribution < 1.29 is 9.90 Å². The highest BCUT2D eigenvalue weighted by molar-refractivity contribution is 7.22. The van der Waals surface area contributed by atoms with Crippen molar-refractivity contribution in [3.63, 3.8) is 0 Å². The van der Waals surface area contributed by atoms with Gasteiger partial charge in [-0.15, -0.1) is 0 Å². The highest BCUT2D eigenvalue weighted by atomic mass is 32.1. The van der Waals surface area contributed by atoms with E-state index in [9.17, 15) is 9.90 Å². The predicted molar refractivity (Wildman–Crippen MR) is 131 cm³/mol. The number of rotatable bonds is 7. The maximum absolute atomic E-state index is 13.0. The second kappa shape index (κ2) is 9.17. The number of nitrogens with zero attached hydrogens (tertiary/aromatic N) is 5. The Kier molecular flexibility index (Phi) is 6.09.